The van der Waals surface area contributed by atoms with Gasteiger partial charge in [0.15, 0.2) is 0 Å². The third-order valence-electron chi connectivity index (χ3n) is 3.12. The molecule has 0 unspecified atom stereocenters. The van der Waals surface area contributed by atoms with Crippen LogP contribution in [0.5, 0.6) is 0 Å². The summed E-state index contributed by atoms with van der Waals surface area (Å²) in [6.07, 6.45) is 2.70. The molecule has 0 saturated carbocycles. The van der Waals surface area contributed by atoms with Crippen LogP contribution in [0, 0.1) is 0 Å². The summed E-state index contributed by atoms with van der Waals surface area (Å²) in [6, 6.07) is 0.953. The molecule has 0 aliphatic rings. The summed E-state index contributed by atoms with van der Waals surface area (Å²) in [5.41, 5.74) is 0. The first-order chi connectivity index (χ1) is 8.93. The molecule has 0 radical (unpaired) electrons. The van der Waals surface area contributed by atoms with E-state index < -0.39 is 6.55 Å². The van der Waals surface area contributed by atoms with Crippen molar-refractivity contribution in [2.24, 2.45) is 0 Å². The molecule has 0 bridgehead atoms. The minimum atomic E-state index is -2.53. The highest BCUT2D eigenvalue weighted by molar-refractivity contribution is 4.92. The third-order valence-corrected chi connectivity index (χ3v) is 3.12. The largest absolute Gasteiger partial charge is 0.319 e. The van der Waals surface area contributed by atoms with Crippen LogP contribution in [0.25, 0.3) is 0 Å². The second kappa shape index (κ2) is 7.55. The van der Waals surface area contributed by atoms with Crippen LogP contribution in [0.4, 0.5) is 8.78 Å². The topological polar surface area (TPSA) is 33.1 Å². The lowest BCUT2D eigenvalue weighted by Gasteiger charge is -2.30. The molecule has 0 amide bonds. The van der Waals surface area contributed by atoms with E-state index in [2.05, 4.69) is 42.9 Å². The number of nitrogens with zero attached hydrogens (tertiary/aromatic N) is 3. The average molecular weight is 274 g/mol. The quantitative estimate of drug-likeness (QED) is 0.739. The van der Waals surface area contributed by atoms with E-state index in [1.807, 2.05) is 0 Å². The van der Waals surface area contributed by atoms with Crippen molar-refractivity contribution in [2.75, 3.05) is 13.1 Å². The fourth-order valence-electron chi connectivity index (χ4n) is 2.18. The fraction of sp³-hybridized carbons (Fsp3) is 0.769. The number of rotatable bonds is 8. The Morgan fingerprint density at radius 1 is 1.26 bits per heavy atom. The molecular formula is C13H24F2N4. The van der Waals surface area contributed by atoms with E-state index in [-0.39, 0.29) is 0 Å². The zero-order valence-corrected chi connectivity index (χ0v) is 12.1. The van der Waals surface area contributed by atoms with E-state index in [1.165, 1.54) is 12.4 Å². The molecule has 0 saturated heterocycles. The molecule has 1 aromatic rings. The van der Waals surface area contributed by atoms with Crippen LogP contribution < -0.4 is 5.32 Å². The van der Waals surface area contributed by atoms with Crippen molar-refractivity contribution in [3.05, 3.63) is 18.2 Å². The molecule has 19 heavy (non-hydrogen) atoms. The highest BCUT2D eigenvalue weighted by atomic mass is 19.3. The number of nitrogens with one attached hydrogen (secondary N) is 1. The Kier molecular flexibility index (Phi) is 6.37. The van der Waals surface area contributed by atoms with Crippen molar-refractivity contribution < 1.29 is 8.78 Å². The Bertz CT molecular complexity index is 355. The van der Waals surface area contributed by atoms with Crippen molar-refractivity contribution in [1.29, 1.82) is 0 Å². The highest BCUT2D eigenvalue weighted by Gasteiger charge is 2.13. The molecule has 0 aliphatic carbocycles. The van der Waals surface area contributed by atoms with E-state index in [0.29, 0.717) is 24.5 Å². The molecule has 1 heterocycles. The lowest BCUT2D eigenvalue weighted by atomic mass is 10.2. The van der Waals surface area contributed by atoms with Gasteiger partial charge in [0.05, 0.1) is 6.54 Å². The molecule has 0 aromatic carbocycles. The van der Waals surface area contributed by atoms with Gasteiger partial charge in [-0.1, -0.05) is 0 Å². The van der Waals surface area contributed by atoms with Gasteiger partial charge in [0, 0.05) is 37.6 Å². The van der Waals surface area contributed by atoms with Gasteiger partial charge in [-0.3, -0.25) is 9.47 Å². The molecule has 4 nitrogen and oxygen atoms in total. The molecule has 6 heteroatoms. The zero-order chi connectivity index (χ0) is 14.4. The summed E-state index contributed by atoms with van der Waals surface area (Å²) in [6.45, 7) is 8.11. The first kappa shape index (κ1) is 16.0. The van der Waals surface area contributed by atoms with Gasteiger partial charge in [0.1, 0.15) is 5.82 Å². The maximum Gasteiger partial charge on any atom is 0.319 e. The van der Waals surface area contributed by atoms with Crippen LogP contribution in [-0.4, -0.2) is 39.6 Å². The lowest BCUT2D eigenvalue weighted by Crippen LogP contribution is -2.41. The summed E-state index contributed by atoms with van der Waals surface area (Å²) in [7, 11) is 0. The normalized spacial score (nSPS) is 12.3. The van der Waals surface area contributed by atoms with Gasteiger partial charge in [0.25, 0.3) is 0 Å². The number of aromatic nitrogens is 2. The molecule has 0 aliphatic heterocycles. The van der Waals surface area contributed by atoms with Crippen LogP contribution in [0.1, 0.15) is 40.1 Å². The number of hydrogen-bond donors (Lipinski definition) is 1. The first-order valence-corrected chi connectivity index (χ1v) is 6.69. The summed E-state index contributed by atoms with van der Waals surface area (Å²) >= 11 is 0. The smallest absolute Gasteiger partial charge is 0.309 e. The van der Waals surface area contributed by atoms with Crippen LogP contribution in [-0.2, 0) is 6.54 Å². The maximum absolute atomic E-state index is 12.6. The second-order valence-electron chi connectivity index (χ2n) is 5.13. The summed E-state index contributed by atoms with van der Waals surface area (Å²) < 4.78 is 26.1. The Hall–Kier alpha value is -1.01. The molecule has 1 rings (SSSR count). The van der Waals surface area contributed by atoms with E-state index in [0.717, 1.165) is 17.7 Å². The number of alkyl halides is 2. The molecule has 0 fully saturated rings. The predicted molar refractivity (Wildman–Crippen MR) is 72.2 cm³/mol. The molecule has 110 valence electrons. The molecule has 1 N–H and O–H groups in total. The van der Waals surface area contributed by atoms with Crippen molar-refractivity contribution in [3.63, 3.8) is 0 Å². The second-order valence-corrected chi connectivity index (χ2v) is 5.13. The zero-order valence-electron chi connectivity index (χ0n) is 12.1. The maximum atomic E-state index is 12.6. The van der Waals surface area contributed by atoms with Crippen LogP contribution >= 0.6 is 0 Å². The van der Waals surface area contributed by atoms with Gasteiger partial charge in [0.2, 0.25) is 0 Å². The van der Waals surface area contributed by atoms with E-state index in [9.17, 15) is 8.78 Å². The highest BCUT2D eigenvalue weighted by Crippen LogP contribution is 2.11. The Labute approximate surface area is 113 Å². The monoisotopic (exact) mass is 274 g/mol. The molecule has 0 spiro atoms. The van der Waals surface area contributed by atoms with Crippen LogP contribution in [0.2, 0.25) is 0 Å². The first-order valence-electron chi connectivity index (χ1n) is 6.69. The van der Waals surface area contributed by atoms with Crippen molar-refractivity contribution in [2.45, 2.75) is 52.9 Å². The minimum Gasteiger partial charge on any atom is -0.309 e. The number of halogens is 2. The van der Waals surface area contributed by atoms with Gasteiger partial charge >= 0.3 is 6.55 Å². The summed E-state index contributed by atoms with van der Waals surface area (Å²) in [5.74, 6) is 0.371. The van der Waals surface area contributed by atoms with E-state index in [1.54, 1.807) is 0 Å². The van der Waals surface area contributed by atoms with Crippen molar-refractivity contribution in [3.8, 4) is 0 Å². The number of hydrogen-bond acceptors (Lipinski definition) is 3. The Morgan fingerprint density at radius 3 is 2.42 bits per heavy atom. The predicted octanol–water partition coefficient (Wildman–Crippen LogP) is 2.49. The average Bonchev–Trinajstić information content (AvgIpc) is 2.75. The third kappa shape index (κ3) is 4.87. The Morgan fingerprint density at radius 2 is 1.89 bits per heavy atom. The van der Waals surface area contributed by atoms with Gasteiger partial charge in [-0.05, 0) is 27.7 Å². The Balaban J connectivity index is 2.36. The van der Waals surface area contributed by atoms with Gasteiger partial charge < -0.3 is 5.32 Å². The molecular weight excluding hydrogens is 250 g/mol. The van der Waals surface area contributed by atoms with Gasteiger partial charge in [-0.25, -0.2) is 4.98 Å². The summed E-state index contributed by atoms with van der Waals surface area (Å²) in [4.78, 5) is 6.28. The van der Waals surface area contributed by atoms with Crippen molar-refractivity contribution in [1.82, 2.24) is 19.8 Å². The number of imidazole rings is 1. The SMILES string of the molecule is CC(C)N(CCNCc1nccn1C(F)F)C(C)C. The standard InChI is InChI=1S/C13H24F2N4/c1-10(2)18(11(3)4)7-5-16-9-12-17-6-8-19(12)13(14)15/h6,8,10-11,13,16H,5,7,9H2,1-4H3. The molecule has 0 atom stereocenters. The molecule has 1 aromatic heterocycles. The van der Waals surface area contributed by atoms with Gasteiger partial charge in [-0.15, -0.1) is 0 Å². The van der Waals surface area contributed by atoms with Gasteiger partial charge in [-0.2, -0.15) is 8.78 Å². The summed E-state index contributed by atoms with van der Waals surface area (Å²) in [5, 5.41) is 3.16. The van der Waals surface area contributed by atoms with E-state index >= 15 is 0 Å². The van der Waals surface area contributed by atoms with Crippen LogP contribution in [0.15, 0.2) is 12.4 Å². The minimum absolute atomic E-state index is 0.362. The van der Waals surface area contributed by atoms with E-state index in [4.69, 9.17) is 0 Å². The van der Waals surface area contributed by atoms with Crippen LogP contribution in [0.3, 0.4) is 0 Å². The van der Waals surface area contributed by atoms with Crippen molar-refractivity contribution >= 4 is 0 Å². The fourth-order valence-corrected chi connectivity index (χ4v) is 2.18. The lowest BCUT2D eigenvalue weighted by molar-refractivity contribution is 0.0665.